The molecule has 0 radical (unpaired) electrons. The Bertz CT molecular complexity index is 1390. The number of benzene rings is 3. The summed E-state index contributed by atoms with van der Waals surface area (Å²) in [6, 6.07) is 12.7. The van der Waals surface area contributed by atoms with Crippen LogP contribution >= 0.6 is 0 Å². The molecule has 0 heterocycles. The van der Waals surface area contributed by atoms with Gasteiger partial charge in [-0.05, 0) is 91.5 Å². The minimum absolute atomic E-state index is 0.0297. The Kier molecular flexibility index (Phi) is 6.70. The summed E-state index contributed by atoms with van der Waals surface area (Å²) in [5.41, 5.74) is 0.887. The maximum absolute atomic E-state index is 13.8. The molecule has 10 heteroatoms. The Balaban J connectivity index is 1.77. The summed E-state index contributed by atoms with van der Waals surface area (Å²) in [5.74, 6) is -1.64. The van der Waals surface area contributed by atoms with Crippen molar-refractivity contribution in [3.8, 4) is 0 Å². The Morgan fingerprint density at radius 1 is 1.00 bits per heavy atom. The topological polar surface area (TPSA) is 75.3 Å². The third-order valence-corrected chi connectivity index (χ3v) is 7.50. The van der Waals surface area contributed by atoms with E-state index in [1.807, 2.05) is 0 Å². The van der Waals surface area contributed by atoms with Gasteiger partial charge in [-0.15, -0.1) is 0 Å². The molecule has 0 bridgehead atoms. The maximum Gasteiger partial charge on any atom is 0.416 e. The van der Waals surface area contributed by atoms with Gasteiger partial charge in [-0.3, -0.25) is 4.79 Å². The molecule has 1 aliphatic rings. The van der Waals surface area contributed by atoms with E-state index in [1.165, 1.54) is 43.4 Å². The predicted octanol–water partition coefficient (Wildman–Crippen LogP) is 5.47. The second kappa shape index (κ2) is 9.43. The van der Waals surface area contributed by atoms with Crippen molar-refractivity contribution in [2.75, 3.05) is 12.4 Å². The van der Waals surface area contributed by atoms with Gasteiger partial charge in [0.2, 0.25) is 10.0 Å². The predicted molar refractivity (Wildman–Crippen MR) is 123 cm³/mol. The fourth-order valence-electron chi connectivity index (χ4n) is 4.40. The summed E-state index contributed by atoms with van der Waals surface area (Å²) >= 11 is 0. The summed E-state index contributed by atoms with van der Waals surface area (Å²) in [7, 11) is -2.51. The van der Waals surface area contributed by atoms with Crippen LogP contribution in [-0.2, 0) is 22.6 Å². The summed E-state index contributed by atoms with van der Waals surface area (Å²) < 4.78 is 80.7. The zero-order valence-electron chi connectivity index (χ0n) is 18.6. The smallest absolute Gasteiger partial charge is 0.322 e. The van der Waals surface area contributed by atoms with Gasteiger partial charge in [0, 0.05) is 17.2 Å². The zero-order chi connectivity index (χ0) is 25.4. The number of nitrogens with one attached hydrogen (secondary N) is 2. The van der Waals surface area contributed by atoms with Gasteiger partial charge in [0.25, 0.3) is 5.91 Å². The molecule has 0 saturated carbocycles. The molecule has 35 heavy (non-hydrogen) atoms. The van der Waals surface area contributed by atoms with E-state index in [-0.39, 0.29) is 21.7 Å². The van der Waals surface area contributed by atoms with Crippen LogP contribution in [0, 0.1) is 5.82 Å². The normalized spacial score (nSPS) is 16.0. The lowest BCUT2D eigenvalue weighted by Crippen LogP contribution is -2.21. The second-order valence-corrected chi connectivity index (χ2v) is 10.2. The van der Waals surface area contributed by atoms with Gasteiger partial charge in [-0.25, -0.2) is 17.5 Å². The summed E-state index contributed by atoms with van der Waals surface area (Å²) in [6.45, 7) is 0. The van der Waals surface area contributed by atoms with Crippen LogP contribution < -0.4 is 10.0 Å². The van der Waals surface area contributed by atoms with Crippen molar-refractivity contribution in [3.63, 3.8) is 0 Å². The molecule has 0 spiro atoms. The van der Waals surface area contributed by atoms with Gasteiger partial charge >= 0.3 is 6.18 Å². The molecule has 3 aromatic carbocycles. The number of alkyl halides is 3. The number of aryl methyl sites for hydroxylation is 1. The lowest BCUT2D eigenvalue weighted by molar-refractivity contribution is -0.137. The highest BCUT2D eigenvalue weighted by Crippen LogP contribution is 2.41. The molecule has 0 saturated heterocycles. The van der Waals surface area contributed by atoms with Crippen LogP contribution in [-0.4, -0.2) is 21.4 Å². The van der Waals surface area contributed by atoms with E-state index in [0.29, 0.717) is 30.4 Å². The van der Waals surface area contributed by atoms with Crippen molar-refractivity contribution in [2.45, 2.75) is 36.3 Å². The fourth-order valence-corrected chi connectivity index (χ4v) is 5.17. The lowest BCUT2D eigenvalue weighted by Gasteiger charge is -2.28. The van der Waals surface area contributed by atoms with Crippen molar-refractivity contribution >= 4 is 21.6 Å². The Morgan fingerprint density at radius 2 is 1.77 bits per heavy atom. The number of sulfonamides is 1. The number of fused-ring (bicyclic) bond motifs is 1. The van der Waals surface area contributed by atoms with Crippen LogP contribution in [0.15, 0.2) is 65.6 Å². The van der Waals surface area contributed by atoms with Gasteiger partial charge in [0.15, 0.2) is 0 Å². The van der Waals surface area contributed by atoms with Crippen molar-refractivity contribution in [1.29, 1.82) is 0 Å². The molecule has 0 fully saturated rings. The van der Waals surface area contributed by atoms with Gasteiger partial charge in [0.05, 0.1) is 10.5 Å². The second-order valence-electron chi connectivity index (χ2n) is 8.28. The number of hydrogen-bond donors (Lipinski definition) is 2. The monoisotopic (exact) mass is 506 g/mol. The zero-order valence-corrected chi connectivity index (χ0v) is 19.4. The lowest BCUT2D eigenvalue weighted by atomic mass is 9.77. The van der Waals surface area contributed by atoms with Crippen molar-refractivity contribution in [1.82, 2.24) is 4.72 Å². The molecule has 1 amide bonds. The molecule has 5 nitrogen and oxygen atoms in total. The summed E-state index contributed by atoms with van der Waals surface area (Å²) in [5, 5.41) is 2.59. The average Bonchev–Trinajstić information content (AvgIpc) is 2.82. The first-order valence-corrected chi connectivity index (χ1v) is 12.3. The first-order chi connectivity index (χ1) is 16.5. The van der Waals surface area contributed by atoms with Crippen molar-refractivity contribution in [2.24, 2.45) is 0 Å². The molecule has 4 rings (SSSR count). The first-order valence-electron chi connectivity index (χ1n) is 10.8. The van der Waals surface area contributed by atoms with E-state index in [1.54, 1.807) is 6.07 Å². The van der Waals surface area contributed by atoms with Gasteiger partial charge < -0.3 is 5.32 Å². The SMILES string of the molecule is CNS(=O)(=O)c1cccc(NC(=O)c2ccc(C(F)(F)F)cc2C2CCCc3cc(F)ccc32)c1. The van der Waals surface area contributed by atoms with Gasteiger partial charge in [-0.2, -0.15) is 13.2 Å². The third-order valence-electron chi connectivity index (χ3n) is 6.09. The van der Waals surface area contributed by atoms with Crippen molar-refractivity contribution in [3.05, 3.63) is 94.3 Å². The highest BCUT2D eigenvalue weighted by Gasteiger charge is 2.34. The third kappa shape index (κ3) is 5.23. The molecule has 0 aromatic heterocycles. The van der Waals surface area contributed by atoms with E-state index in [0.717, 1.165) is 18.2 Å². The molecule has 3 aromatic rings. The number of anilines is 1. The first kappa shape index (κ1) is 24.9. The van der Waals surface area contributed by atoms with Crippen LogP contribution in [0.25, 0.3) is 0 Å². The molecule has 1 aliphatic carbocycles. The number of rotatable bonds is 5. The minimum Gasteiger partial charge on any atom is -0.322 e. The highest BCUT2D eigenvalue weighted by atomic mass is 32.2. The van der Waals surface area contributed by atoms with Crippen LogP contribution in [0.4, 0.5) is 23.2 Å². The van der Waals surface area contributed by atoms with E-state index in [4.69, 9.17) is 0 Å². The molecule has 1 atom stereocenters. The van der Waals surface area contributed by atoms with Crippen LogP contribution in [0.2, 0.25) is 0 Å². The quantitative estimate of drug-likeness (QED) is 0.451. The largest absolute Gasteiger partial charge is 0.416 e. The number of halogens is 4. The Morgan fingerprint density at radius 3 is 2.49 bits per heavy atom. The fraction of sp³-hybridized carbons (Fsp3) is 0.240. The number of carbonyl (C=O) groups is 1. The van der Waals surface area contributed by atoms with Crippen LogP contribution in [0.1, 0.15) is 51.4 Å². The molecular weight excluding hydrogens is 484 g/mol. The molecule has 0 aliphatic heterocycles. The maximum atomic E-state index is 13.8. The highest BCUT2D eigenvalue weighted by molar-refractivity contribution is 7.89. The van der Waals surface area contributed by atoms with E-state index < -0.39 is 39.4 Å². The number of amides is 1. The van der Waals surface area contributed by atoms with Crippen LogP contribution in [0.3, 0.4) is 0 Å². The summed E-state index contributed by atoms with van der Waals surface area (Å²) in [4.78, 5) is 13.1. The van der Waals surface area contributed by atoms with E-state index >= 15 is 0 Å². The Hall–Kier alpha value is -3.24. The van der Waals surface area contributed by atoms with E-state index in [9.17, 15) is 30.8 Å². The molecule has 2 N–H and O–H groups in total. The Labute approximate surface area is 200 Å². The summed E-state index contributed by atoms with van der Waals surface area (Å²) in [6.07, 6.45) is -2.89. The number of hydrogen-bond acceptors (Lipinski definition) is 3. The molecule has 184 valence electrons. The standard InChI is InChI=1S/C25H22F4N2O3S/c1-30-35(33,34)19-6-3-5-18(14-19)31-24(32)22-10-8-16(25(27,28)29)13-23(22)21-7-2-4-15-12-17(26)9-11-20(15)21/h3,5-6,8-14,21,30H,2,4,7H2,1H3,(H,31,32). The van der Waals surface area contributed by atoms with E-state index in [2.05, 4.69) is 10.0 Å². The number of carbonyl (C=O) groups excluding carboxylic acids is 1. The van der Waals surface area contributed by atoms with Crippen molar-refractivity contribution < 1.29 is 30.8 Å². The molecular formula is C25H22F4N2O3S. The molecule has 1 unspecified atom stereocenters. The van der Waals surface area contributed by atoms with Gasteiger partial charge in [-0.1, -0.05) is 12.1 Å². The van der Waals surface area contributed by atoms with Gasteiger partial charge in [0.1, 0.15) is 5.82 Å². The average molecular weight is 507 g/mol. The minimum atomic E-state index is -4.61. The van der Waals surface area contributed by atoms with Crippen LogP contribution in [0.5, 0.6) is 0 Å².